The molecule has 2 aromatic carbocycles. The highest BCUT2D eigenvalue weighted by molar-refractivity contribution is 5.81. The Morgan fingerprint density at radius 1 is 1.16 bits per heavy atom. The average Bonchev–Trinajstić information content (AvgIpc) is 2.46. The molecular formula is C14H12N2O3. The van der Waals surface area contributed by atoms with Crippen molar-refractivity contribution in [2.24, 2.45) is 0 Å². The quantitative estimate of drug-likeness (QED) is 0.479. The maximum Gasteiger partial charge on any atom is 0.293 e. The predicted molar refractivity (Wildman–Crippen MR) is 73.0 cm³/mol. The molecule has 2 rings (SSSR count). The van der Waals surface area contributed by atoms with Gasteiger partial charge in [-0.1, -0.05) is 18.2 Å². The highest BCUT2D eigenvalue weighted by Crippen LogP contribution is 2.32. The first kappa shape index (κ1) is 12.8. The molecule has 0 unspecified atom stereocenters. The minimum atomic E-state index is -0.484. The lowest BCUT2D eigenvalue weighted by molar-refractivity contribution is -0.384. The number of carbonyl (C=O) groups is 1. The van der Waals surface area contributed by atoms with E-state index in [1.807, 2.05) is 30.3 Å². The van der Waals surface area contributed by atoms with Gasteiger partial charge in [0.05, 0.1) is 4.92 Å². The largest absolute Gasteiger partial charge is 0.339 e. The Bertz CT molecular complexity index is 611. The highest BCUT2D eigenvalue weighted by Gasteiger charge is 2.18. The van der Waals surface area contributed by atoms with E-state index >= 15 is 0 Å². The van der Waals surface area contributed by atoms with Gasteiger partial charge in [0.2, 0.25) is 0 Å². The number of hydrogen-bond donors (Lipinski definition) is 0. The lowest BCUT2D eigenvalue weighted by Gasteiger charge is -2.19. The number of rotatable bonds is 4. The average molecular weight is 256 g/mol. The molecule has 0 aliphatic rings. The molecule has 19 heavy (non-hydrogen) atoms. The number of nitrogens with zero attached hydrogens (tertiary/aromatic N) is 2. The van der Waals surface area contributed by atoms with Crippen LogP contribution in [-0.4, -0.2) is 18.3 Å². The molecule has 0 radical (unpaired) electrons. The summed E-state index contributed by atoms with van der Waals surface area (Å²) < 4.78 is 0. The van der Waals surface area contributed by atoms with Crippen molar-refractivity contribution in [3.8, 4) is 0 Å². The second-order valence-electron chi connectivity index (χ2n) is 4.02. The van der Waals surface area contributed by atoms with Crippen LogP contribution in [0.4, 0.5) is 17.1 Å². The number of para-hydroxylation sites is 1. The Balaban J connectivity index is 2.50. The van der Waals surface area contributed by atoms with Crippen LogP contribution in [0.25, 0.3) is 0 Å². The van der Waals surface area contributed by atoms with Crippen molar-refractivity contribution in [1.29, 1.82) is 0 Å². The summed E-state index contributed by atoms with van der Waals surface area (Å²) in [6.45, 7) is 0. The van der Waals surface area contributed by atoms with Crippen molar-refractivity contribution in [1.82, 2.24) is 0 Å². The van der Waals surface area contributed by atoms with E-state index in [1.165, 1.54) is 6.07 Å². The lowest BCUT2D eigenvalue weighted by Crippen LogP contribution is -2.11. The normalized spacial score (nSPS) is 9.95. The molecule has 0 spiro atoms. The number of hydrogen-bond acceptors (Lipinski definition) is 4. The van der Waals surface area contributed by atoms with Gasteiger partial charge in [-0.2, -0.15) is 0 Å². The van der Waals surface area contributed by atoms with Crippen LogP contribution in [0.2, 0.25) is 0 Å². The third-order valence-corrected chi connectivity index (χ3v) is 2.84. The Morgan fingerprint density at radius 2 is 1.84 bits per heavy atom. The fourth-order valence-corrected chi connectivity index (χ4v) is 1.83. The zero-order chi connectivity index (χ0) is 13.8. The van der Waals surface area contributed by atoms with Gasteiger partial charge in [-0.25, -0.2) is 0 Å². The van der Waals surface area contributed by atoms with Crippen molar-refractivity contribution in [2.75, 3.05) is 11.9 Å². The predicted octanol–water partition coefficient (Wildman–Crippen LogP) is 3.18. The fraction of sp³-hybridized carbons (Fsp3) is 0.0714. The minimum Gasteiger partial charge on any atom is -0.339 e. The maximum atomic E-state index is 11.1. The molecule has 96 valence electrons. The van der Waals surface area contributed by atoms with Crippen LogP contribution in [0.3, 0.4) is 0 Å². The summed E-state index contributed by atoms with van der Waals surface area (Å²) in [6.07, 6.45) is 0.597. The maximum absolute atomic E-state index is 11.1. The van der Waals surface area contributed by atoms with E-state index in [0.29, 0.717) is 12.0 Å². The number of carbonyl (C=O) groups excluding carboxylic acids is 1. The Morgan fingerprint density at radius 3 is 2.42 bits per heavy atom. The standard InChI is InChI=1S/C14H12N2O3/c1-15(12-5-3-2-4-6-12)13-8-7-11(10-17)9-14(13)16(18)19/h2-10H,1H3. The van der Waals surface area contributed by atoms with Crippen LogP contribution >= 0.6 is 0 Å². The molecule has 0 aliphatic heterocycles. The topological polar surface area (TPSA) is 63.5 Å². The summed E-state index contributed by atoms with van der Waals surface area (Å²) in [5.41, 5.74) is 1.49. The second-order valence-corrected chi connectivity index (χ2v) is 4.02. The van der Waals surface area contributed by atoms with Crippen LogP contribution in [0.5, 0.6) is 0 Å². The number of benzene rings is 2. The zero-order valence-corrected chi connectivity index (χ0v) is 10.3. The van der Waals surface area contributed by atoms with E-state index in [4.69, 9.17) is 0 Å². The number of nitro benzene ring substituents is 1. The second kappa shape index (κ2) is 5.30. The molecule has 0 N–H and O–H groups in total. The summed E-state index contributed by atoms with van der Waals surface area (Å²) in [4.78, 5) is 23.0. The Labute approximate surface area is 110 Å². The van der Waals surface area contributed by atoms with Gasteiger partial charge >= 0.3 is 0 Å². The fourth-order valence-electron chi connectivity index (χ4n) is 1.83. The van der Waals surface area contributed by atoms with E-state index in [9.17, 15) is 14.9 Å². The van der Waals surface area contributed by atoms with Crippen LogP contribution < -0.4 is 4.90 Å². The number of nitro groups is 1. The number of anilines is 2. The smallest absolute Gasteiger partial charge is 0.293 e. The third-order valence-electron chi connectivity index (χ3n) is 2.84. The molecule has 5 heteroatoms. The van der Waals surface area contributed by atoms with Crippen LogP contribution in [0, 0.1) is 10.1 Å². The first-order valence-electron chi connectivity index (χ1n) is 5.66. The molecule has 0 aliphatic carbocycles. The van der Waals surface area contributed by atoms with Crippen molar-refractivity contribution < 1.29 is 9.72 Å². The van der Waals surface area contributed by atoms with Crippen molar-refractivity contribution in [3.63, 3.8) is 0 Å². The van der Waals surface area contributed by atoms with Gasteiger partial charge in [-0.15, -0.1) is 0 Å². The van der Waals surface area contributed by atoms with Gasteiger partial charge in [0, 0.05) is 24.4 Å². The molecule has 0 atom stereocenters. The molecule has 0 fully saturated rings. The molecule has 2 aromatic rings. The van der Waals surface area contributed by atoms with Crippen molar-refractivity contribution in [3.05, 3.63) is 64.2 Å². The van der Waals surface area contributed by atoms with Gasteiger partial charge < -0.3 is 4.90 Å². The molecular weight excluding hydrogens is 244 g/mol. The highest BCUT2D eigenvalue weighted by atomic mass is 16.6. The van der Waals surface area contributed by atoms with E-state index in [-0.39, 0.29) is 11.3 Å². The first-order chi connectivity index (χ1) is 9.13. The minimum absolute atomic E-state index is 0.0871. The molecule has 0 heterocycles. The van der Waals surface area contributed by atoms with Crippen molar-refractivity contribution >= 4 is 23.3 Å². The lowest BCUT2D eigenvalue weighted by atomic mass is 10.1. The Kier molecular flexibility index (Phi) is 3.56. The molecule has 0 aromatic heterocycles. The molecule has 0 amide bonds. The van der Waals surface area contributed by atoms with Gasteiger partial charge in [0.15, 0.2) is 0 Å². The molecule has 0 bridgehead atoms. The van der Waals surface area contributed by atoms with E-state index < -0.39 is 4.92 Å². The summed E-state index contributed by atoms with van der Waals surface area (Å²) >= 11 is 0. The number of aldehydes is 1. The van der Waals surface area contributed by atoms with Crippen LogP contribution in [-0.2, 0) is 0 Å². The van der Waals surface area contributed by atoms with E-state index in [0.717, 1.165) is 5.69 Å². The summed E-state index contributed by atoms with van der Waals surface area (Å²) in [5, 5.41) is 11.1. The van der Waals surface area contributed by atoms with E-state index in [2.05, 4.69) is 0 Å². The van der Waals surface area contributed by atoms with Crippen LogP contribution in [0.1, 0.15) is 10.4 Å². The van der Waals surface area contributed by atoms with Gasteiger partial charge in [0.25, 0.3) is 5.69 Å². The van der Waals surface area contributed by atoms with Gasteiger partial charge in [-0.3, -0.25) is 14.9 Å². The molecule has 0 saturated heterocycles. The Hall–Kier alpha value is -2.69. The summed E-state index contributed by atoms with van der Waals surface area (Å²) in [7, 11) is 1.75. The van der Waals surface area contributed by atoms with Crippen LogP contribution in [0.15, 0.2) is 48.5 Å². The van der Waals surface area contributed by atoms with E-state index in [1.54, 1.807) is 24.1 Å². The third kappa shape index (κ3) is 2.60. The zero-order valence-electron chi connectivity index (χ0n) is 10.3. The molecule has 0 saturated carbocycles. The monoisotopic (exact) mass is 256 g/mol. The van der Waals surface area contributed by atoms with Gasteiger partial charge in [0.1, 0.15) is 12.0 Å². The molecule has 5 nitrogen and oxygen atoms in total. The SMILES string of the molecule is CN(c1ccccc1)c1ccc(C=O)cc1[N+](=O)[O-]. The summed E-state index contributed by atoms with van der Waals surface area (Å²) in [6, 6.07) is 13.7. The summed E-state index contributed by atoms with van der Waals surface area (Å²) in [5.74, 6) is 0. The van der Waals surface area contributed by atoms with Gasteiger partial charge in [-0.05, 0) is 24.3 Å². The first-order valence-corrected chi connectivity index (χ1v) is 5.66. The van der Waals surface area contributed by atoms with Crippen molar-refractivity contribution in [2.45, 2.75) is 0 Å².